The van der Waals surface area contributed by atoms with Crippen LogP contribution in [0.1, 0.15) is 49.0 Å². The van der Waals surface area contributed by atoms with Gasteiger partial charge in [0.25, 0.3) is 5.91 Å². The molecule has 0 unspecified atom stereocenters. The van der Waals surface area contributed by atoms with E-state index in [0.29, 0.717) is 23.4 Å². The van der Waals surface area contributed by atoms with E-state index in [2.05, 4.69) is 33.6 Å². The summed E-state index contributed by atoms with van der Waals surface area (Å²) in [7, 11) is 0. The summed E-state index contributed by atoms with van der Waals surface area (Å²) in [6.07, 6.45) is 6.51. The molecule has 3 amide bonds. The Labute approximate surface area is 204 Å². The van der Waals surface area contributed by atoms with Crippen molar-refractivity contribution < 1.29 is 19.1 Å². The molecular formula is C26H31N5O4. The Balaban J connectivity index is 1.35. The SMILES string of the molecule is C=CCOC(=O)Nc1ccc2cc(C(=O)NC[C@H]3CCCC[C@H]3C(=O)N[C@H](C#N)C3CC3)[nH]c2c1. The largest absolute Gasteiger partial charge is 0.445 e. The number of hydrogen-bond donors (Lipinski definition) is 4. The lowest BCUT2D eigenvalue weighted by molar-refractivity contribution is -0.128. The lowest BCUT2D eigenvalue weighted by Gasteiger charge is -2.31. The summed E-state index contributed by atoms with van der Waals surface area (Å²) in [6.45, 7) is 4.01. The number of rotatable bonds is 9. The molecule has 0 spiro atoms. The number of anilines is 1. The fraction of sp³-hybridized carbons (Fsp3) is 0.462. The molecule has 9 heteroatoms. The van der Waals surface area contributed by atoms with Crippen molar-refractivity contribution in [2.24, 2.45) is 17.8 Å². The zero-order valence-electron chi connectivity index (χ0n) is 19.6. The van der Waals surface area contributed by atoms with Gasteiger partial charge in [0.05, 0.1) is 6.07 Å². The van der Waals surface area contributed by atoms with Crippen LogP contribution in [0.3, 0.4) is 0 Å². The molecule has 1 aromatic carbocycles. The summed E-state index contributed by atoms with van der Waals surface area (Å²) in [6, 6.07) is 8.83. The van der Waals surface area contributed by atoms with E-state index < -0.39 is 12.1 Å². The van der Waals surface area contributed by atoms with E-state index in [1.807, 2.05) is 0 Å². The summed E-state index contributed by atoms with van der Waals surface area (Å²) >= 11 is 0. The molecule has 0 aliphatic heterocycles. The molecule has 4 rings (SSSR count). The van der Waals surface area contributed by atoms with Crippen LogP contribution in [-0.2, 0) is 9.53 Å². The number of nitrogens with zero attached hydrogens (tertiary/aromatic N) is 1. The summed E-state index contributed by atoms with van der Waals surface area (Å²) < 4.78 is 4.92. The molecule has 2 aromatic rings. The third-order valence-corrected chi connectivity index (χ3v) is 6.75. The first-order valence-corrected chi connectivity index (χ1v) is 12.1. The highest BCUT2D eigenvalue weighted by molar-refractivity contribution is 5.99. The third-order valence-electron chi connectivity index (χ3n) is 6.75. The smallest absolute Gasteiger partial charge is 0.411 e. The van der Waals surface area contributed by atoms with Gasteiger partial charge in [0.2, 0.25) is 5.91 Å². The fourth-order valence-electron chi connectivity index (χ4n) is 4.68. The van der Waals surface area contributed by atoms with Gasteiger partial charge in [-0.25, -0.2) is 4.79 Å². The van der Waals surface area contributed by atoms with E-state index in [4.69, 9.17) is 4.74 Å². The second kappa shape index (κ2) is 11.1. The minimum atomic E-state index is -0.585. The molecule has 1 heterocycles. The van der Waals surface area contributed by atoms with Gasteiger partial charge in [-0.2, -0.15) is 5.26 Å². The molecule has 2 aliphatic carbocycles. The zero-order chi connectivity index (χ0) is 24.8. The Morgan fingerprint density at radius 1 is 1.20 bits per heavy atom. The van der Waals surface area contributed by atoms with Crippen molar-refractivity contribution >= 4 is 34.5 Å². The topological polar surface area (TPSA) is 136 Å². The molecule has 2 fully saturated rings. The van der Waals surface area contributed by atoms with E-state index in [1.54, 1.807) is 24.3 Å². The van der Waals surface area contributed by atoms with Crippen molar-refractivity contribution in [3.8, 4) is 6.07 Å². The number of nitrogens with one attached hydrogen (secondary N) is 4. The number of amides is 3. The molecule has 2 saturated carbocycles. The zero-order valence-corrected chi connectivity index (χ0v) is 19.6. The first kappa shape index (κ1) is 24.3. The molecular weight excluding hydrogens is 446 g/mol. The van der Waals surface area contributed by atoms with Crippen molar-refractivity contribution in [3.05, 3.63) is 42.6 Å². The maximum absolute atomic E-state index is 12.9. The first-order valence-electron chi connectivity index (χ1n) is 12.1. The minimum Gasteiger partial charge on any atom is -0.445 e. The minimum absolute atomic E-state index is 0.0352. The number of ether oxygens (including phenoxy) is 1. The summed E-state index contributed by atoms with van der Waals surface area (Å²) in [5.74, 6) is -0.205. The maximum atomic E-state index is 12.9. The molecule has 0 radical (unpaired) electrons. The summed E-state index contributed by atoms with van der Waals surface area (Å²) in [5.41, 5.74) is 1.65. The summed E-state index contributed by atoms with van der Waals surface area (Å²) in [5, 5.41) is 18.7. The highest BCUT2D eigenvalue weighted by Gasteiger charge is 2.36. The molecule has 2 aliphatic rings. The van der Waals surface area contributed by atoms with Crippen LogP contribution in [-0.4, -0.2) is 42.1 Å². The van der Waals surface area contributed by atoms with E-state index in [9.17, 15) is 19.6 Å². The van der Waals surface area contributed by atoms with Crippen molar-refractivity contribution in [1.82, 2.24) is 15.6 Å². The monoisotopic (exact) mass is 477 g/mol. The van der Waals surface area contributed by atoms with Gasteiger partial charge in [0.15, 0.2) is 0 Å². The molecule has 184 valence electrons. The molecule has 1 aromatic heterocycles. The van der Waals surface area contributed by atoms with Gasteiger partial charge in [-0.05, 0) is 55.7 Å². The Morgan fingerprint density at radius 2 is 2.00 bits per heavy atom. The van der Waals surface area contributed by atoms with E-state index >= 15 is 0 Å². The Morgan fingerprint density at radius 3 is 2.74 bits per heavy atom. The van der Waals surface area contributed by atoms with Crippen molar-refractivity contribution in [2.45, 2.75) is 44.6 Å². The van der Waals surface area contributed by atoms with Crippen LogP contribution in [0.4, 0.5) is 10.5 Å². The molecule has 0 saturated heterocycles. The van der Waals surface area contributed by atoms with Crippen LogP contribution in [0, 0.1) is 29.1 Å². The number of benzene rings is 1. The lowest BCUT2D eigenvalue weighted by atomic mass is 9.78. The fourth-order valence-corrected chi connectivity index (χ4v) is 4.68. The Hall–Kier alpha value is -3.80. The Kier molecular flexibility index (Phi) is 7.70. The van der Waals surface area contributed by atoms with Crippen molar-refractivity contribution in [1.29, 1.82) is 5.26 Å². The molecule has 0 bridgehead atoms. The van der Waals surface area contributed by atoms with E-state index in [-0.39, 0.29) is 36.2 Å². The van der Waals surface area contributed by atoms with E-state index in [0.717, 1.165) is 43.9 Å². The van der Waals surface area contributed by atoms with Crippen LogP contribution >= 0.6 is 0 Å². The van der Waals surface area contributed by atoms with Gasteiger partial charge in [-0.1, -0.05) is 31.6 Å². The normalized spacial score (nSPS) is 20.3. The van der Waals surface area contributed by atoms with Gasteiger partial charge in [-0.3, -0.25) is 14.9 Å². The number of carbonyl (C=O) groups excluding carboxylic acids is 3. The third kappa shape index (κ3) is 6.21. The summed E-state index contributed by atoms with van der Waals surface area (Å²) in [4.78, 5) is 40.6. The quantitative estimate of drug-likeness (QED) is 0.407. The molecule has 4 N–H and O–H groups in total. The highest BCUT2D eigenvalue weighted by Crippen LogP contribution is 2.34. The predicted octanol–water partition coefficient (Wildman–Crippen LogP) is 3.86. The number of hydrogen-bond acceptors (Lipinski definition) is 5. The molecule has 35 heavy (non-hydrogen) atoms. The first-order chi connectivity index (χ1) is 17.0. The number of carbonyl (C=O) groups is 3. The van der Waals surface area contributed by atoms with Crippen LogP contribution in [0.25, 0.3) is 10.9 Å². The number of nitriles is 1. The van der Waals surface area contributed by atoms with Crippen molar-refractivity contribution in [3.63, 3.8) is 0 Å². The van der Waals surface area contributed by atoms with Crippen molar-refractivity contribution in [2.75, 3.05) is 18.5 Å². The van der Waals surface area contributed by atoms with Gasteiger partial charge >= 0.3 is 6.09 Å². The molecule has 3 atom stereocenters. The maximum Gasteiger partial charge on any atom is 0.411 e. The standard InChI is InChI=1S/C26H31N5O4/c1-2-11-35-26(34)29-19-10-9-17-12-22(30-21(17)13-19)25(33)28-15-18-5-3-4-6-20(18)24(32)31-23(14-27)16-7-8-16/h2,9-10,12-13,16,18,20,23,30H,1,3-8,11,15H2,(H,28,33)(H,29,34)(H,31,32)/t18-,20-,23-/m1/s1. The Bertz CT molecular complexity index is 1150. The number of fused-ring (bicyclic) bond motifs is 1. The highest BCUT2D eigenvalue weighted by atomic mass is 16.5. The van der Waals surface area contributed by atoms with Crippen LogP contribution in [0.5, 0.6) is 0 Å². The molecule has 9 nitrogen and oxygen atoms in total. The van der Waals surface area contributed by atoms with Crippen LogP contribution in [0.2, 0.25) is 0 Å². The average molecular weight is 478 g/mol. The average Bonchev–Trinajstić information content (AvgIpc) is 3.62. The second-order valence-corrected chi connectivity index (χ2v) is 9.31. The van der Waals surface area contributed by atoms with E-state index in [1.165, 1.54) is 6.08 Å². The number of aromatic amines is 1. The number of aromatic nitrogens is 1. The van der Waals surface area contributed by atoms with Gasteiger partial charge < -0.3 is 20.4 Å². The predicted molar refractivity (Wildman–Crippen MR) is 132 cm³/mol. The van der Waals surface area contributed by atoms with Gasteiger partial charge in [0, 0.05) is 29.1 Å². The van der Waals surface area contributed by atoms with Crippen LogP contribution in [0.15, 0.2) is 36.9 Å². The lowest BCUT2D eigenvalue weighted by Crippen LogP contribution is -2.45. The van der Waals surface area contributed by atoms with Gasteiger partial charge in [-0.15, -0.1) is 0 Å². The second-order valence-electron chi connectivity index (χ2n) is 9.31. The number of H-pyrrole nitrogens is 1. The van der Waals surface area contributed by atoms with Crippen LogP contribution < -0.4 is 16.0 Å². The van der Waals surface area contributed by atoms with Gasteiger partial charge in [0.1, 0.15) is 18.3 Å².